The van der Waals surface area contributed by atoms with E-state index in [2.05, 4.69) is 23.2 Å². The van der Waals surface area contributed by atoms with Crippen LogP contribution >= 0.6 is 0 Å². The maximum Gasteiger partial charge on any atom is 0.169 e. The highest BCUT2D eigenvalue weighted by atomic mass is 16.1. The maximum atomic E-state index is 12.3. The van der Waals surface area contributed by atoms with E-state index >= 15 is 0 Å². The number of aromatic nitrogens is 1. The number of benzene rings is 1. The molecular formula is C16H17NO. The van der Waals surface area contributed by atoms with Gasteiger partial charge < -0.3 is 0 Å². The van der Waals surface area contributed by atoms with Crippen molar-refractivity contribution in [2.24, 2.45) is 0 Å². The van der Waals surface area contributed by atoms with Crippen LogP contribution in [0.1, 0.15) is 32.7 Å². The van der Waals surface area contributed by atoms with E-state index in [0.29, 0.717) is 6.42 Å². The second-order valence-electron chi connectivity index (χ2n) is 4.67. The van der Waals surface area contributed by atoms with Gasteiger partial charge in [0.25, 0.3) is 0 Å². The highest BCUT2D eigenvalue weighted by Gasteiger charge is 2.11. The van der Waals surface area contributed by atoms with Crippen molar-refractivity contribution in [3.05, 3.63) is 64.5 Å². The standard InChI is InChI=1S/C16H17NO/c1-11-6-7-12(2)14(9-11)10-16(18)15-5-4-8-17-13(15)3/h4-9H,10H2,1-3H3. The summed E-state index contributed by atoms with van der Waals surface area (Å²) in [4.78, 5) is 16.4. The first-order chi connectivity index (χ1) is 8.58. The molecule has 0 radical (unpaired) electrons. The first kappa shape index (κ1) is 12.5. The molecule has 18 heavy (non-hydrogen) atoms. The molecule has 2 aromatic rings. The van der Waals surface area contributed by atoms with Crippen molar-refractivity contribution in [3.63, 3.8) is 0 Å². The molecule has 92 valence electrons. The number of hydrogen-bond acceptors (Lipinski definition) is 2. The van der Waals surface area contributed by atoms with E-state index in [9.17, 15) is 4.79 Å². The highest BCUT2D eigenvalue weighted by Crippen LogP contribution is 2.15. The van der Waals surface area contributed by atoms with Gasteiger partial charge in [0, 0.05) is 23.9 Å². The summed E-state index contributed by atoms with van der Waals surface area (Å²) in [5.74, 6) is 0.134. The Morgan fingerprint density at radius 2 is 1.94 bits per heavy atom. The van der Waals surface area contributed by atoms with E-state index in [0.717, 1.165) is 22.4 Å². The van der Waals surface area contributed by atoms with Crippen molar-refractivity contribution in [1.82, 2.24) is 4.98 Å². The minimum atomic E-state index is 0.134. The first-order valence-electron chi connectivity index (χ1n) is 6.09. The van der Waals surface area contributed by atoms with Crippen LogP contribution < -0.4 is 0 Å². The molecule has 0 fully saturated rings. The lowest BCUT2D eigenvalue weighted by atomic mass is 9.97. The smallest absolute Gasteiger partial charge is 0.169 e. The molecular weight excluding hydrogens is 222 g/mol. The van der Waals surface area contributed by atoms with Crippen LogP contribution in [0, 0.1) is 20.8 Å². The fraction of sp³-hybridized carbons (Fsp3) is 0.250. The highest BCUT2D eigenvalue weighted by molar-refractivity contribution is 5.98. The number of rotatable bonds is 3. The molecule has 0 amide bonds. The zero-order valence-corrected chi connectivity index (χ0v) is 11.0. The third kappa shape index (κ3) is 2.65. The molecule has 2 heteroatoms. The summed E-state index contributed by atoms with van der Waals surface area (Å²) in [5, 5.41) is 0. The molecule has 1 aromatic heterocycles. The Morgan fingerprint density at radius 3 is 2.67 bits per heavy atom. The number of hydrogen-bond donors (Lipinski definition) is 0. The van der Waals surface area contributed by atoms with Crippen LogP contribution in [0.3, 0.4) is 0 Å². The normalized spacial score (nSPS) is 10.4. The lowest BCUT2D eigenvalue weighted by Crippen LogP contribution is -2.07. The monoisotopic (exact) mass is 239 g/mol. The van der Waals surface area contributed by atoms with Crippen LogP contribution in [-0.4, -0.2) is 10.8 Å². The van der Waals surface area contributed by atoms with E-state index in [-0.39, 0.29) is 5.78 Å². The number of carbonyl (C=O) groups is 1. The van der Waals surface area contributed by atoms with Crippen LogP contribution in [-0.2, 0) is 6.42 Å². The second kappa shape index (κ2) is 5.13. The van der Waals surface area contributed by atoms with Gasteiger partial charge in [0.15, 0.2) is 5.78 Å². The molecule has 0 aliphatic heterocycles. The number of ketones is 1. The van der Waals surface area contributed by atoms with E-state index in [1.807, 2.05) is 32.9 Å². The fourth-order valence-corrected chi connectivity index (χ4v) is 2.04. The third-order valence-electron chi connectivity index (χ3n) is 3.16. The minimum Gasteiger partial charge on any atom is -0.294 e. The molecule has 0 saturated heterocycles. The Kier molecular flexibility index (Phi) is 3.56. The summed E-state index contributed by atoms with van der Waals surface area (Å²) in [7, 11) is 0. The number of carbonyl (C=O) groups excluding carboxylic acids is 1. The average molecular weight is 239 g/mol. The summed E-state index contributed by atoms with van der Waals surface area (Å²) in [5.41, 5.74) is 4.97. The molecule has 0 N–H and O–H groups in total. The van der Waals surface area contributed by atoms with E-state index in [1.165, 1.54) is 5.56 Å². The molecule has 1 heterocycles. The zero-order valence-electron chi connectivity index (χ0n) is 11.0. The second-order valence-corrected chi connectivity index (χ2v) is 4.67. The van der Waals surface area contributed by atoms with Crippen molar-refractivity contribution in [2.75, 3.05) is 0 Å². The summed E-state index contributed by atoms with van der Waals surface area (Å²) in [6, 6.07) is 9.87. The SMILES string of the molecule is Cc1ccc(C)c(CC(=O)c2cccnc2C)c1. The van der Waals surface area contributed by atoms with Crippen molar-refractivity contribution in [3.8, 4) is 0 Å². The molecule has 0 aliphatic rings. The van der Waals surface area contributed by atoms with Crippen LogP contribution in [0.5, 0.6) is 0 Å². The third-order valence-corrected chi connectivity index (χ3v) is 3.16. The van der Waals surface area contributed by atoms with Gasteiger partial charge in [-0.15, -0.1) is 0 Å². The quantitative estimate of drug-likeness (QED) is 0.768. The van der Waals surface area contributed by atoms with Crippen LogP contribution in [0.15, 0.2) is 36.5 Å². The summed E-state index contributed by atoms with van der Waals surface area (Å²) < 4.78 is 0. The molecule has 1 aromatic carbocycles. The van der Waals surface area contributed by atoms with E-state index in [4.69, 9.17) is 0 Å². The molecule has 0 aliphatic carbocycles. The topological polar surface area (TPSA) is 30.0 Å². The minimum absolute atomic E-state index is 0.134. The number of pyridine rings is 1. The fourth-order valence-electron chi connectivity index (χ4n) is 2.04. The lowest BCUT2D eigenvalue weighted by Gasteiger charge is -2.07. The van der Waals surface area contributed by atoms with Gasteiger partial charge in [-0.3, -0.25) is 9.78 Å². The van der Waals surface area contributed by atoms with Crippen LogP contribution in [0.4, 0.5) is 0 Å². The maximum absolute atomic E-state index is 12.3. The number of aryl methyl sites for hydroxylation is 3. The van der Waals surface area contributed by atoms with Crippen molar-refractivity contribution in [2.45, 2.75) is 27.2 Å². The van der Waals surface area contributed by atoms with Crippen molar-refractivity contribution < 1.29 is 4.79 Å². The summed E-state index contributed by atoms with van der Waals surface area (Å²) >= 11 is 0. The van der Waals surface area contributed by atoms with E-state index in [1.54, 1.807) is 6.20 Å². The van der Waals surface area contributed by atoms with E-state index < -0.39 is 0 Å². The average Bonchev–Trinajstić information content (AvgIpc) is 2.34. The Labute approximate surface area is 108 Å². The van der Waals surface area contributed by atoms with Crippen LogP contribution in [0.25, 0.3) is 0 Å². The van der Waals surface area contributed by atoms with Crippen molar-refractivity contribution in [1.29, 1.82) is 0 Å². The Balaban J connectivity index is 2.27. The molecule has 0 unspecified atom stereocenters. The molecule has 0 saturated carbocycles. The Bertz CT molecular complexity index is 587. The predicted octanol–water partition coefficient (Wildman–Crippen LogP) is 3.43. The van der Waals surface area contributed by atoms with Gasteiger partial charge in [0.2, 0.25) is 0 Å². The predicted molar refractivity (Wildman–Crippen MR) is 72.9 cm³/mol. The van der Waals surface area contributed by atoms with Crippen molar-refractivity contribution >= 4 is 5.78 Å². The molecule has 0 bridgehead atoms. The van der Waals surface area contributed by atoms with Gasteiger partial charge in [0.05, 0.1) is 0 Å². The summed E-state index contributed by atoms with van der Waals surface area (Å²) in [6.45, 7) is 5.96. The number of Topliss-reactive ketones (excluding diaryl/α,β-unsaturated/α-hetero) is 1. The number of nitrogens with zero attached hydrogens (tertiary/aromatic N) is 1. The molecule has 2 rings (SSSR count). The first-order valence-corrected chi connectivity index (χ1v) is 6.09. The Morgan fingerprint density at radius 1 is 1.17 bits per heavy atom. The van der Waals surface area contributed by atoms with Gasteiger partial charge in [-0.2, -0.15) is 0 Å². The molecule has 0 atom stereocenters. The molecule has 0 spiro atoms. The van der Waals surface area contributed by atoms with Gasteiger partial charge in [-0.1, -0.05) is 23.8 Å². The largest absolute Gasteiger partial charge is 0.294 e. The van der Waals surface area contributed by atoms with Gasteiger partial charge in [0.1, 0.15) is 0 Å². The Hall–Kier alpha value is -1.96. The van der Waals surface area contributed by atoms with Crippen LogP contribution in [0.2, 0.25) is 0 Å². The zero-order chi connectivity index (χ0) is 13.1. The molecule has 2 nitrogen and oxygen atoms in total. The van der Waals surface area contributed by atoms with Gasteiger partial charge in [-0.25, -0.2) is 0 Å². The van der Waals surface area contributed by atoms with Gasteiger partial charge in [-0.05, 0) is 44.0 Å². The lowest BCUT2D eigenvalue weighted by molar-refractivity contribution is 0.0992. The van der Waals surface area contributed by atoms with Gasteiger partial charge >= 0.3 is 0 Å². The summed E-state index contributed by atoms with van der Waals surface area (Å²) in [6.07, 6.45) is 2.16.